The highest BCUT2D eigenvalue weighted by Crippen LogP contribution is 2.51. The molecule has 2 fully saturated rings. The van der Waals surface area contributed by atoms with Crippen LogP contribution in [0.2, 0.25) is 0 Å². The Balaban J connectivity index is 1.42. The SMILES string of the molecule is CN[C@@H](C)C(=O)N[C@H]1CCO[C@H]2CC3(CC=CC3)[C@@H](C(=O)N[C@@H]3CCOc4ccccc43)N2C1=O. The average molecular weight is 483 g/mol. The van der Waals surface area contributed by atoms with Gasteiger partial charge in [0.25, 0.3) is 0 Å². The van der Waals surface area contributed by atoms with Crippen molar-refractivity contribution in [1.29, 1.82) is 0 Å². The van der Waals surface area contributed by atoms with Gasteiger partial charge in [-0.05, 0) is 32.9 Å². The zero-order valence-corrected chi connectivity index (χ0v) is 20.3. The van der Waals surface area contributed by atoms with Gasteiger partial charge in [0.1, 0.15) is 24.1 Å². The minimum absolute atomic E-state index is 0.176. The molecule has 3 amide bonds. The molecule has 1 aliphatic carbocycles. The Morgan fingerprint density at radius 3 is 2.60 bits per heavy atom. The van der Waals surface area contributed by atoms with Gasteiger partial charge in [0, 0.05) is 30.2 Å². The first-order chi connectivity index (χ1) is 16.9. The highest BCUT2D eigenvalue weighted by Gasteiger charge is 2.59. The quantitative estimate of drug-likeness (QED) is 0.548. The summed E-state index contributed by atoms with van der Waals surface area (Å²) in [6, 6.07) is 5.71. The molecule has 0 unspecified atom stereocenters. The summed E-state index contributed by atoms with van der Waals surface area (Å²) in [5.41, 5.74) is 0.545. The van der Waals surface area contributed by atoms with Crippen LogP contribution in [0.3, 0.4) is 0 Å². The van der Waals surface area contributed by atoms with E-state index in [1.54, 1.807) is 18.9 Å². The predicted molar refractivity (Wildman–Crippen MR) is 128 cm³/mol. The van der Waals surface area contributed by atoms with E-state index in [0.717, 1.165) is 11.3 Å². The Labute approximate surface area is 205 Å². The number of nitrogens with one attached hydrogen (secondary N) is 3. The molecule has 5 atom stereocenters. The molecular weight excluding hydrogens is 448 g/mol. The van der Waals surface area contributed by atoms with E-state index in [1.807, 2.05) is 24.3 Å². The Bertz CT molecular complexity index is 1020. The van der Waals surface area contributed by atoms with E-state index in [9.17, 15) is 14.4 Å². The molecule has 188 valence electrons. The molecule has 1 aromatic carbocycles. The zero-order valence-electron chi connectivity index (χ0n) is 20.3. The lowest BCUT2D eigenvalue weighted by atomic mass is 9.77. The fraction of sp³-hybridized carbons (Fsp3) is 0.577. The number of carbonyl (C=O) groups is 3. The first-order valence-electron chi connectivity index (χ1n) is 12.5. The van der Waals surface area contributed by atoms with Gasteiger partial charge in [-0.15, -0.1) is 0 Å². The number of carbonyl (C=O) groups excluding carboxylic acids is 3. The fourth-order valence-corrected chi connectivity index (χ4v) is 5.87. The summed E-state index contributed by atoms with van der Waals surface area (Å²) in [5.74, 6) is 0.104. The number of benzene rings is 1. The van der Waals surface area contributed by atoms with Crippen LogP contribution in [0.15, 0.2) is 36.4 Å². The van der Waals surface area contributed by atoms with E-state index in [1.165, 1.54) is 0 Å². The summed E-state index contributed by atoms with van der Waals surface area (Å²) in [6.45, 7) is 2.61. The summed E-state index contributed by atoms with van der Waals surface area (Å²) in [6.07, 6.45) is 6.77. The molecule has 0 radical (unpaired) electrons. The van der Waals surface area contributed by atoms with Crippen molar-refractivity contribution in [2.75, 3.05) is 20.3 Å². The van der Waals surface area contributed by atoms with Crippen LogP contribution >= 0.6 is 0 Å². The topological polar surface area (TPSA) is 109 Å². The van der Waals surface area contributed by atoms with Gasteiger partial charge >= 0.3 is 0 Å². The largest absolute Gasteiger partial charge is 0.493 e. The smallest absolute Gasteiger partial charge is 0.247 e. The van der Waals surface area contributed by atoms with E-state index in [4.69, 9.17) is 9.47 Å². The molecule has 35 heavy (non-hydrogen) atoms. The number of rotatable bonds is 5. The molecule has 0 bridgehead atoms. The first-order valence-corrected chi connectivity index (χ1v) is 12.5. The number of hydrogen-bond donors (Lipinski definition) is 3. The van der Waals surface area contributed by atoms with Crippen LogP contribution in [0.25, 0.3) is 0 Å². The monoisotopic (exact) mass is 482 g/mol. The van der Waals surface area contributed by atoms with Crippen LogP contribution in [0.1, 0.15) is 50.6 Å². The molecule has 3 N–H and O–H groups in total. The molecule has 3 aliphatic heterocycles. The third-order valence-electron chi connectivity index (χ3n) is 7.90. The second-order valence-electron chi connectivity index (χ2n) is 10.0. The van der Waals surface area contributed by atoms with Crippen LogP contribution in [-0.2, 0) is 19.1 Å². The van der Waals surface area contributed by atoms with Crippen molar-refractivity contribution in [2.45, 2.75) is 69.4 Å². The zero-order chi connectivity index (χ0) is 24.6. The molecule has 1 spiro atoms. The second kappa shape index (κ2) is 9.62. The first kappa shape index (κ1) is 23.8. The number of amides is 3. The Hall–Kier alpha value is -2.91. The lowest BCUT2D eigenvalue weighted by Gasteiger charge is -2.37. The van der Waals surface area contributed by atoms with Crippen LogP contribution in [-0.4, -0.2) is 67.2 Å². The number of para-hydroxylation sites is 1. The van der Waals surface area contributed by atoms with Crippen molar-refractivity contribution < 1.29 is 23.9 Å². The minimum Gasteiger partial charge on any atom is -0.493 e. The maximum atomic E-state index is 14.0. The minimum atomic E-state index is -0.730. The molecule has 9 nitrogen and oxygen atoms in total. The van der Waals surface area contributed by atoms with Crippen LogP contribution in [0.4, 0.5) is 0 Å². The Morgan fingerprint density at radius 1 is 1.09 bits per heavy atom. The molecular formula is C26H34N4O5. The van der Waals surface area contributed by atoms with Crippen molar-refractivity contribution in [3.63, 3.8) is 0 Å². The summed E-state index contributed by atoms with van der Waals surface area (Å²) in [4.78, 5) is 41.9. The lowest BCUT2D eigenvalue weighted by Crippen LogP contribution is -2.58. The predicted octanol–water partition coefficient (Wildman–Crippen LogP) is 1.40. The molecule has 4 aliphatic rings. The van der Waals surface area contributed by atoms with Crippen LogP contribution in [0.5, 0.6) is 5.75 Å². The van der Waals surface area contributed by atoms with E-state index in [-0.39, 0.29) is 23.8 Å². The van der Waals surface area contributed by atoms with Gasteiger partial charge in [-0.1, -0.05) is 30.4 Å². The second-order valence-corrected chi connectivity index (χ2v) is 10.0. The average Bonchev–Trinajstić information content (AvgIpc) is 3.43. The normalized spacial score (nSPS) is 29.7. The van der Waals surface area contributed by atoms with Crippen molar-refractivity contribution in [1.82, 2.24) is 20.9 Å². The van der Waals surface area contributed by atoms with Gasteiger partial charge in [-0.25, -0.2) is 0 Å². The summed E-state index contributed by atoms with van der Waals surface area (Å²) in [5, 5.41) is 9.00. The lowest BCUT2D eigenvalue weighted by molar-refractivity contribution is -0.150. The maximum Gasteiger partial charge on any atom is 0.247 e. The maximum absolute atomic E-state index is 14.0. The summed E-state index contributed by atoms with van der Waals surface area (Å²) < 4.78 is 11.9. The number of hydrogen-bond acceptors (Lipinski definition) is 6. The molecule has 3 heterocycles. The number of nitrogens with zero attached hydrogens (tertiary/aromatic N) is 1. The summed E-state index contributed by atoms with van der Waals surface area (Å²) >= 11 is 0. The molecule has 0 saturated carbocycles. The van der Waals surface area contributed by atoms with Crippen LogP contribution in [0, 0.1) is 5.41 Å². The van der Waals surface area contributed by atoms with Crippen molar-refractivity contribution in [3.8, 4) is 5.75 Å². The number of likely N-dealkylation sites (N-methyl/N-ethyl adjacent to an activating group) is 1. The third kappa shape index (κ3) is 4.31. The molecule has 5 rings (SSSR count). The van der Waals surface area contributed by atoms with Gasteiger partial charge in [0.2, 0.25) is 17.7 Å². The standard InChI is InChI=1S/C26H34N4O5/c1-16(27-2)23(31)29-19-10-14-35-21-15-26(11-5-6-12-26)22(30(21)25(19)33)24(32)28-18-9-13-34-20-8-4-3-7-17(18)20/h3-8,16,18-19,21-22,27H,9-15H2,1-2H3,(H,28,32)(H,29,31)/t16-,18+,19-,21-,22+/m0/s1. The van der Waals surface area contributed by atoms with Gasteiger partial charge in [0.05, 0.1) is 25.3 Å². The van der Waals surface area contributed by atoms with E-state index < -0.39 is 29.8 Å². The highest BCUT2D eigenvalue weighted by molar-refractivity contribution is 5.94. The number of allylic oxidation sites excluding steroid dienone is 2. The van der Waals surface area contributed by atoms with Gasteiger partial charge in [0.15, 0.2) is 0 Å². The van der Waals surface area contributed by atoms with E-state index >= 15 is 0 Å². The third-order valence-corrected chi connectivity index (χ3v) is 7.90. The van der Waals surface area contributed by atoms with Crippen molar-refractivity contribution in [2.24, 2.45) is 5.41 Å². The van der Waals surface area contributed by atoms with Crippen molar-refractivity contribution >= 4 is 17.7 Å². The molecule has 9 heteroatoms. The Morgan fingerprint density at radius 2 is 1.83 bits per heavy atom. The van der Waals surface area contributed by atoms with Gasteiger partial charge < -0.3 is 30.3 Å². The number of ether oxygens (including phenoxy) is 2. The van der Waals surface area contributed by atoms with Gasteiger partial charge in [-0.2, -0.15) is 0 Å². The van der Waals surface area contributed by atoms with Crippen molar-refractivity contribution in [3.05, 3.63) is 42.0 Å². The van der Waals surface area contributed by atoms with Crippen LogP contribution < -0.4 is 20.7 Å². The molecule has 2 saturated heterocycles. The molecule has 1 aromatic rings. The fourth-order valence-electron chi connectivity index (χ4n) is 5.87. The highest BCUT2D eigenvalue weighted by atomic mass is 16.5. The van der Waals surface area contributed by atoms with E-state index in [2.05, 4.69) is 28.1 Å². The Kier molecular flexibility index (Phi) is 6.55. The summed E-state index contributed by atoms with van der Waals surface area (Å²) in [7, 11) is 1.70. The molecule has 0 aromatic heterocycles. The van der Waals surface area contributed by atoms with E-state index in [0.29, 0.717) is 45.3 Å². The van der Waals surface area contributed by atoms with Gasteiger partial charge in [-0.3, -0.25) is 14.4 Å². The number of fused-ring (bicyclic) bond motifs is 2.